The molecule has 0 fully saturated rings. The molecule has 2 aromatic heterocycles. The quantitative estimate of drug-likeness (QED) is 0.157. The molecule has 0 spiro atoms. The van der Waals surface area contributed by atoms with Gasteiger partial charge in [0.05, 0.1) is 29.9 Å². The normalized spacial score (nSPS) is 14.6. The minimum Gasteiger partial charge on any atom is -0.489 e. The molecule has 0 saturated heterocycles. The van der Waals surface area contributed by atoms with Gasteiger partial charge in [-0.25, -0.2) is 9.78 Å². The molecule has 3 aromatic carbocycles. The topological polar surface area (TPSA) is 110 Å². The number of nitrogens with zero attached hydrogens (tertiary/aromatic N) is 4. The largest absolute Gasteiger partial charge is 0.489 e. The fraction of sp³-hybridized carbons (Fsp3) is 0.333. The van der Waals surface area contributed by atoms with E-state index in [1.54, 1.807) is 22.9 Å². The number of rotatable bonds is 10. The van der Waals surface area contributed by atoms with Crippen LogP contribution in [0.25, 0.3) is 11.0 Å². The van der Waals surface area contributed by atoms with Gasteiger partial charge in [-0.15, -0.1) is 0 Å². The molecule has 1 aliphatic heterocycles. The van der Waals surface area contributed by atoms with Gasteiger partial charge in [-0.1, -0.05) is 81.4 Å². The number of hydrogen-bond acceptors (Lipinski definition) is 7. The summed E-state index contributed by atoms with van der Waals surface area (Å²) in [7, 11) is -1.43. The molecule has 0 unspecified atom stereocenters. The summed E-state index contributed by atoms with van der Waals surface area (Å²) in [5.74, 6) is 0.0700. The Bertz CT molecular complexity index is 1870. The number of amides is 1. The molecule has 10 nitrogen and oxygen atoms in total. The molecule has 5 aromatic rings. The van der Waals surface area contributed by atoms with Crippen LogP contribution in [0.15, 0.2) is 78.9 Å². The second-order valence-corrected chi connectivity index (χ2v) is 17.2. The second-order valence-electron chi connectivity index (χ2n) is 12.8. The van der Waals surface area contributed by atoms with E-state index < -0.39 is 14.3 Å². The molecule has 0 radical (unpaired) electrons. The summed E-state index contributed by atoms with van der Waals surface area (Å²) in [5.41, 5.74) is 2.75. The van der Waals surface area contributed by atoms with Crippen molar-refractivity contribution in [1.29, 1.82) is 0 Å². The van der Waals surface area contributed by atoms with Crippen LogP contribution in [0.4, 0.5) is 5.95 Å². The van der Waals surface area contributed by atoms with Crippen molar-refractivity contribution in [2.24, 2.45) is 0 Å². The van der Waals surface area contributed by atoms with Crippen LogP contribution in [0.5, 0.6) is 5.75 Å². The number of esters is 1. The van der Waals surface area contributed by atoms with Crippen molar-refractivity contribution < 1.29 is 23.5 Å². The van der Waals surface area contributed by atoms with Crippen LogP contribution in [-0.4, -0.2) is 59.8 Å². The van der Waals surface area contributed by atoms with E-state index in [4.69, 9.17) is 18.9 Å². The average Bonchev–Trinajstić information content (AvgIpc) is 3.64. The van der Waals surface area contributed by atoms with E-state index in [1.807, 2.05) is 30.5 Å². The van der Waals surface area contributed by atoms with Crippen molar-refractivity contribution >= 4 is 47.5 Å². The van der Waals surface area contributed by atoms with Gasteiger partial charge in [-0.2, -0.15) is 5.10 Å². The number of benzene rings is 3. The minimum absolute atomic E-state index is 0.169. The Hall–Kier alpha value is -4.74. The van der Waals surface area contributed by atoms with E-state index in [2.05, 4.69) is 79.7 Å². The maximum absolute atomic E-state index is 13.6. The molecule has 244 valence electrons. The minimum atomic E-state index is -2.76. The molecular formula is C36H41N5O5Si. The highest BCUT2D eigenvalue weighted by Gasteiger charge is 2.50. The Kier molecular flexibility index (Phi) is 8.78. The van der Waals surface area contributed by atoms with Crippen LogP contribution in [0.1, 0.15) is 66.7 Å². The Labute approximate surface area is 275 Å². The van der Waals surface area contributed by atoms with Crippen LogP contribution >= 0.6 is 0 Å². The Morgan fingerprint density at radius 1 is 1.02 bits per heavy atom. The van der Waals surface area contributed by atoms with Crippen molar-refractivity contribution in [2.75, 3.05) is 25.6 Å². The van der Waals surface area contributed by atoms with Crippen LogP contribution < -0.4 is 20.4 Å². The van der Waals surface area contributed by atoms with E-state index in [0.717, 1.165) is 5.69 Å². The molecule has 1 atom stereocenters. The van der Waals surface area contributed by atoms with Gasteiger partial charge in [-0.3, -0.25) is 14.8 Å². The first-order valence-corrected chi connectivity index (χ1v) is 17.9. The fourth-order valence-electron chi connectivity index (χ4n) is 6.70. The number of methoxy groups -OCH3 is 1. The Balaban J connectivity index is 1.38. The summed E-state index contributed by atoms with van der Waals surface area (Å²) >= 11 is 0. The molecule has 1 N–H and O–H groups in total. The number of ether oxygens (including phenoxy) is 2. The van der Waals surface area contributed by atoms with Crippen LogP contribution in [0.3, 0.4) is 0 Å². The van der Waals surface area contributed by atoms with Gasteiger partial charge >= 0.3 is 5.97 Å². The number of anilines is 1. The third-order valence-corrected chi connectivity index (χ3v) is 13.9. The van der Waals surface area contributed by atoms with Gasteiger partial charge in [0.15, 0.2) is 0 Å². The zero-order valence-electron chi connectivity index (χ0n) is 27.7. The molecular weight excluding hydrogens is 611 g/mol. The number of carbonyl (C=O) groups is 2. The molecule has 47 heavy (non-hydrogen) atoms. The third-order valence-electron chi connectivity index (χ3n) is 8.81. The molecule has 0 bridgehead atoms. The van der Waals surface area contributed by atoms with Gasteiger partial charge in [-0.05, 0) is 53.9 Å². The van der Waals surface area contributed by atoms with E-state index in [9.17, 15) is 9.59 Å². The van der Waals surface area contributed by atoms with E-state index in [1.165, 1.54) is 17.5 Å². The first-order valence-electron chi connectivity index (χ1n) is 15.9. The summed E-state index contributed by atoms with van der Waals surface area (Å²) in [6, 6.07) is 26.0. The standard InChI is InChI=1S/C36H41N5O5Si/c1-7-40-30(20-24(2)39-40)33(42)38-35-37-29-21-25(34(43)44-6)22-31-32(29)41(35)26(23-45-31)18-19-46-47(36(3,4)5,27-14-10-8-11-15-27)28-16-12-9-13-17-28/h8-17,20-22,26H,7,18-19,23H2,1-6H3,(H,37,38,42)/t26-/m0/s1. The van der Waals surface area contributed by atoms with Gasteiger partial charge in [0.1, 0.15) is 23.6 Å². The first kappa shape index (κ1) is 32.2. The smallest absolute Gasteiger partial charge is 0.338 e. The van der Waals surface area contributed by atoms with E-state index >= 15 is 0 Å². The summed E-state index contributed by atoms with van der Waals surface area (Å²) in [5, 5.41) is 9.72. The second kappa shape index (κ2) is 12.8. The number of aromatic nitrogens is 4. The maximum Gasteiger partial charge on any atom is 0.338 e. The molecule has 0 aliphatic carbocycles. The fourth-order valence-corrected chi connectivity index (χ4v) is 11.3. The molecule has 1 amide bonds. The maximum atomic E-state index is 13.6. The highest BCUT2D eigenvalue weighted by Crippen LogP contribution is 2.40. The van der Waals surface area contributed by atoms with Gasteiger partial charge in [0, 0.05) is 13.2 Å². The predicted molar refractivity (Wildman–Crippen MR) is 184 cm³/mol. The summed E-state index contributed by atoms with van der Waals surface area (Å²) in [4.78, 5) is 30.9. The summed E-state index contributed by atoms with van der Waals surface area (Å²) in [6.45, 7) is 11.9. The number of nitrogens with one attached hydrogen (secondary N) is 1. The van der Waals surface area contributed by atoms with Gasteiger partial charge in [0.2, 0.25) is 5.95 Å². The van der Waals surface area contributed by atoms with Crippen molar-refractivity contribution in [1.82, 2.24) is 19.3 Å². The summed E-state index contributed by atoms with van der Waals surface area (Å²) < 4.78 is 22.1. The molecule has 1 aliphatic rings. The van der Waals surface area contributed by atoms with Crippen LogP contribution in [0, 0.1) is 6.92 Å². The molecule has 11 heteroatoms. The van der Waals surface area contributed by atoms with E-state index in [-0.39, 0.29) is 17.0 Å². The van der Waals surface area contributed by atoms with Crippen molar-refractivity contribution in [2.45, 2.75) is 58.7 Å². The molecule has 3 heterocycles. The summed E-state index contributed by atoms with van der Waals surface area (Å²) in [6.07, 6.45) is 0.600. The van der Waals surface area contributed by atoms with Crippen molar-refractivity contribution in [3.8, 4) is 5.75 Å². The SMILES string of the molecule is CCn1nc(C)cc1C(=O)Nc1nc2cc(C(=O)OC)cc3c2n1[C@@H](CCO[Si](c1ccccc1)(c1ccccc1)C(C)(C)C)CO3. The van der Waals surface area contributed by atoms with Gasteiger partial charge < -0.3 is 18.5 Å². The Morgan fingerprint density at radius 2 is 1.68 bits per heavy atom. The monoisotopic (exact) mass is 651 g/mol. The number of carbonyl (C=O) groups excluding carboxylic acids is 2. The van der Waals surface area contributed by atoms with E-state index in [0.29, 0.717) is 60.2 Å². The van der Waals surface area contributed by atoms with Gasteiger partial charge in [0.25, 0.3) is 14.2 Å². The van der Waals surface area contributed by atoms with Crippen LogP contribution in [-0.2, 0) is 15.7 Å². The highest BCUT2D eigenvalue weighted by atomic mass is 28.4. The Morgan fingerprint density at radius 3 is 2.28 bits per heavy atom. The number of imidazole rings is 1. The first-order chi connectivity index (χ1) is 22.6. The highest BCUT2D eigenvalue weighted by molar-refractivity contribution is 6.99. The predicted octanol–water partition coefficient (Wildman–Crippen LogP) is 5.50. The average molecular weight is 652 g/mol. The lowest BCUT2D eigenvalue weighted by molar-refractivity contribution is 0.0600. The van der Waals surface area contributed by atoms with Crippen molar-refractivity contribution in [3.63, 3.8) is 0 Å². The lowest BCUT2D eigenvalue weighted by atomic mass is 10.1. The molecule has 6 rings (SSSR count). The van der Waals surface area contributed by atoms with Crippen LogP contribution in [0.2, 0.25) is 5.04 Å². The third kappa shape index (κ3) is 5.85. The zero-order chi connectivity index (χ0) is 33.3. The number of aryl methyl sites for hydroxylation is 2. The lowest BCUT2D eigenvalue weighted by Crippen LogP contribution is -2.66. The van der Waals surface area contributed by atoms with Crippen molar-refractivity contribution in [3.05, 3.63) is 95.8 Å². The molecule has 0 saturated carbocycles. The lowest BCUT2D eigenvalue weighted by Gasteiger charge is -2.43. The number of hydrogen-bond donors (Lipinski definition) is 1. The zero-order valence-corrected chi connectivity index (χ0v) is 28.7.